The number of methoxy groups -OCH3 is 1. The average Bonchev–Trinajstić information content (AvgIpc) is 3.52. The highest BCUT2D eigenvalue weighted by atomic mass is 32.1. The first-order chi connectivity index (χ1) is 19.5. The topological polar surface area (TPSA) is 134 Å². The molecule has 0 spiro atoms. The quantitative estimate of drug-likeness (QED) is 0.279. The number of nitrogens with two attached hydrogens (primary N) is 1. The Kier molecular flexibility index (Phi) is 6.62. The summed E-state index contributed by atoms with van der Waals surface area (Å²) >= 11 is 1.48. The van der Waals surface area contributed by atoms with Gasteiger partial charge >= 0.3 is 6.01 Å². The van der Waals surface area contributed by atoms with Crippen molar-refractivity contribution in [2.45, 2.75) is 13.0 Å². The summed E-state index contributed by atoms with van der Waals surface area (Å²) in [7, 11) is 1.51. The number of rotatable bonds is 7. The number of hydrogen-bond acceptors (Lipinski definition) is 10. The van der Waals surface area contributed by atoms with E-state index in [1.54, 1.807) is 34.9 Å². The Morgan fingerprint density at radius 2 is 1.77 bits per heavy atom. The fraction of sp³-hybridized carbons (Fsp3) is 0.103. The molecule has 1 atom stereocenters. The van der Waals surface area contributed by atoms with Crippen LogP contribution in [0.15, 0.2) is 89.7 Å². The molecule has 0 fully saturated rings. The van der Waals surface area contributed by atoms with E-state index in [0.717, 1.165) is 32.8 Å². The molecule has 11 heteroatoms. The van der Waals surface area contributed by atoms with Crippen LogP contribution in [0.25, 0.3) is 38.0 Å². The Morgan fingerprint density at radius 3 is 2.50 bits per heavy atom. The predicted molar refractivity (Wildman–Crippen MR) is 157 cm³/mol. The van der Waals surface area contributed by atoms with Crippen LogP contribution in [0.4, 0.5) is 11.8 Å². The second-order valence-electron chi connectivity index (χ2n) is 9.00. The highest BCUT2D eigenvalue weighted by Gasteiger charge is 2.21. The summed E-state index contributed by atoms with van der Waals surface area (Å²) in [5.41, 5.74) is 11.3. The Balaban J connectivity index is 1.53. The van der Waals surface area contributed by atoms with Gasteiger partial charge in [-0.05, 0) is 36.1 Å². The van der Waals surface area contributed by atoms with Gasteiger partial charge in [-0.2, -0.15) is 4.98 Å². The minimum Gasteiger partial charge on any atom is -0.467 e. The number of para-hydroxylation sites is 1. The van der Waals surface area contributed by atoms with Crippen molar-refractivity contribution in [3.8, 4) is 33.3 Å². The fourth-order valence-electron chi connectivity index (χ4n) is 4.66. The van der Waals surface area contributed by atoms with Crippen LogP contribution < -0.4 is 21.3 Å². The van der Waals surface area contributed by atoms with E-state index < -0.39 is 0 Å². The Labute approximate surface area is 233 Å². The molecule has 0 aliphatic rings. The number of nitrogens with one attached hydrogen (secondary N) is 1. The first-order valence-electron chi connectivity index (χ1n) is 12.4. The van der Waals surface area contributed by atoms with Gasteiger partial charge in [0.05, 0.1) is 34.5 Å². The van der Waals surface area contributed by atoms with Crippen molar-refractivity contribution >= 4 is 33.9 Å². The number of nitrogen functional groups attached to an aromatic ring is 1. The van der Waals surface area contributed by atoms with Crippen LogP contribution in [0.5, 0.6) is 6.01 Å². The standard InChI is InChI=1S/C29H24N8O2S/c1-17(35-26-22(14-32-28(30)36-26)24-15-31-16-40-24)23-11-18-7-6-10-21(19-12-33-29(39-2)34-13-19)25(18)27(38)37(23)20-8-4-3-5-9-20/h3-17H,1-2H3,(H3,30,32,35,36). The van der Waals surface area contributed by atoms with Crippen molar-refractivity contribution in [1.29, 1.82) is 0 Å². The number of fused-ring (bicyclic) bond motifs is 1. The molecule has 6 aromatic rings. The lowest BCUT2D eigenvalue weighted by atomic mass is 9.99. The Bertz CT molecular complexity index is 1860. The third-order valence-electron chi connectivity index (χ3n) is 6.51. The van der Waals surface area contributed by atoms with E-state index in [1.807, 2.05) is 61.5 Å². The summed E-state index contributed by atoms with van der Waals surface area (Å²) in [5, 5.41) is 4.82. The Hall–Kier alpha value is -5.16. The van der Waals surface area contributed by atoms with Gasteiger partial charge in [0, 0.05) is 41.7 Å². The molecule has 10 nitrogen and oxygen atoms in total. The summed E-state index contributed by atoms with van der Waals surface area (Å²) in [6, 6.07) is 17.2. The van der Waals surface area contributed by atoms with Gasteiger partial charge in [0.1, 0.15) is 5.82 Å². The van der Waals surface area contributed by atoms with E-state index in [4.69, 9.17) is 10.5 Å². The number of pyridine rings is 1. The van der Waals surface area contributed by atoms with Gasteiger partial charge in [-0.25, -0.2) is 15.0 Å². The number of aromatic nitrogens is 6. The van der Waals surface area contributed by atoms with Gasteiger partial charge in [0.2, 0.25) is 5.95 Å². The molecule has 2 aromatic carbocycles. The number of thiazole rings is 1. The van der Waals surface area contributed by atoms with E-state index >= 15 is 0 Å². The highest BCUT2D eigenvalue weighted by molar-refractivity contribution is 7.13. The number of anilines is 2. The highest BCUT2D eigenvalue weighted by Crippen LogP contribution is 2.33. The van der Waals surface area contributed by atoms with Crippen LogP contribution in [0.3, 0.4) is 0 Å². The minimum atomic E-state index is -0.341. The van der Waals surface area contributed by atoms with Crippen LogP contribution in [-0.4, -0.2) is 36.6 Å². The zero-order valence-electron chi connectivity index (χ0n) is 21.6. The summed E-state index contributed by atoms with van der Waals surface area (Å²) in [6.45, 7) is 1.98. The number of hydrogen-bond donors (Lipinski definition) is 2. The monoisotopic (exact) mass is 548 g/mol. The third kappa shape index (κ3) is 4.63. The average molecular weight is 549 g/mol. The first kappa shape index (κ1) is 25.1. The molecule has 0 aliphatic heterocycles. The fourth-order valence-corrected chi connectivity index (χ4v) is 5.29. The predicted octanol–water partition coefficient (Wildman–Crippen LogP) is 5.13. The maximum Gasteiger partial charge on any atom is 0.316 e. The van der Waals surface area contributed by atoms with E-state index in [9.17, 15) is 4.79 Å². The molecular weight excluding hydrogens is 524 g/mol. The zero-order valence-corrected chi connectivity index (χ0v) is 22.5. The third-order valence-corrected chi connectivity index (χ3v) is 7.32. The van der Waals surface area contributed by atoms with Gasteiger partial charge in [-0.1, -0.05) is 36.4 Å². The molecule has 6 rings (SSSR count). The summed E-state index contributed by atoms with van der Waals surface area (Å²) in [4.78, 5) is 36.6. The number of ether oxygens (including phenoxy) is 1. The number of nitrogens with zero attached hydrogens (tertiary/aromatic N) is 6. The van der Waals surface area contributed by atoms with Crippen LogP contribution in [0.2, 0.25) is 0 Å². The van der Waals surface area contributed by atoms with Crippen LogP contribution in [0, 0.1) is 0 Å². The van der Waals surface area contributed by atoms with Crippen LogP contribution >= 0.6 is 11.3 Å². The summed E-state index contributed by atoms with van der Waals surface area (Å²) < 4.78 is 6.84. The molecule has 4 aromatic heterocycles. The molecular formula is C29H24N8O2S. The van der Waals surface area contributed by atoms with Crippen molar-refractivity contribution in [1.82, 2.24) is 29.5 Å². The molecule has 4 heterocycles. The molecule has 0 radical (unpaired) electrons. The van der Waals surface area contributed by atoms with E-state index in [-0.39, 0.29) is 23.6 Å². The molecule has 0 saturated carbocycles. The number of benzene rings is 2. The van der Waals surface area contributed by atoms with Gasteiger partial charge < -0.3 is 15.8 Å². The molecule has 40 heavy (non-hydrogen) atoms. The second-order valence-corrected chi connectivity index (χ2v) is 9.88. The smallest absolute Gasteiger partial charge is 0.316 e. The summed E-state index contributed by atoms with van der Waals surface area (Å²) in [5.74, 6) is 0.703. The van der Waals surface area contributed by atoms with E-state index in [2.05, 4.69) is 30.2 Å². The normalized spacial score (nSPS) is 11.8. The van der Waals surface area contributed by atoms with Crippen molar-refractivity contribution in [3.05, 3.63) is 101 Å². The van der Waals surface area contributed by atoms with Crippen molar-refractivity contribution in [2.75, 3.05) is 18.2 Å². The van der Waals surface area contributed by atoms with Gasteiger partial charge in [-0.3, -0.25) is 14.3 Å². The molecule has 1 unspecified atom stereocenters. The largest absolute Gasteiger partial charge is 0.467 e. The first-order valence-corrected chi connectivity index (χ1v) is 13.3. The molecule has 0 bridgehead atoms. The maximum absolute atomic E-state index is 14.3. The van der Waals surface area contributed by atoms with Crippen molar-refractivity contribution < 1.29 is 4.74 Å². The lowest BCUT2D eigenvalue weighted by Gasteiger charge is -2.23. The molecule has 198 valence electrons. The summed E-state index contributed by atoms with van der Waals surface area (Å²) in [6.07, 6.45) is 6.76. The molecule has 3 N–H and O–H groups in total. The van der Waals surface area contributed by atoms with Crippen LogP contribution in [-0.2, 0) is 0 Å². The van der Waals surface area contributed by atoms with Crippen LogP contribution in [0.1, 0.15) is 18.7 Å². The van der Waals surface area contributed by atoms with Crippen molar-refractivity contribution in [3.63, 3.8) is 0 Å². The second kappa shape index (κ2) is 10.5. The van der Waals surface area contributed by atoms with E-state index in [0.29, 0.717) is 16.8 Å². The lowest BCUT2D eigenvalue weighted by Crippen LogP contribution is -2.26. The minimum absolute atomic E-state index is 0.147. The molecule has 0 amide bonds. The Morgan fingerprint density at radius 1 is 0.975 bits per heavy atom. The molecule has 0 saturated heterocycles. The van der Waals surface area contributed by atoms with Gasteiger partial charge in [-0.15, -0.1) is 11.3 Å². The van der Waals surface area contributed by atoms with Crippen molar-refractivity contribution in [2.24, 2.45) is 0 Å². The van der Waals surface area contributed by atoms with Gasteiger partial charge in [0.15, 0.2) is 0 Å². The SMILES string of the molecule is COc1ncc(-c2cccc3cc(C(C)Nc4nc(N)ncc4-c4cncs4)n(-c4ccccc4)c(=O)c23)cn1. The maximum atomic E-state index is 14.3. The lowest BCUT2D eigenvalue weighted by molar-refractivity contribution is 0.380. The molecule has 0 aliphatic carbocycles. The van der Waals surface area contributed by atoms with E-state index in [1.165, 1.54) is 18.4 Å². The van der Waals surface area contributed by atoms with Gasteiger partial charge in [0.25, 0.3) is 5.56 Å². The zero-order chi connectivity index (χ0) is 27.6.